The average Bonchev–Trinajstić information content (AvgIpc) is 4.02. The second-order valence-electron chi connectivity index (χ2n) is 19.9. The fourth-order valence-electron chi connectivity index (χ4n) is 9.26. The van der Waals surface area contributed by atoms with E-state index in [1.54, 1.807) is 52.0 Å². The van der Waals surface area contributed by atoms with Crippen molar-refractivity contribution in [2.45, 2.75) is 174 Å². The highest BCUT2D eigenvalue weighted by molar-refractivity contribution is 6.05. The Bertz CT molecular complexity index is 2050. The molecule has 0 spiro atoms. The number of rotatable bonds is 11. The van der Waals surface area contributed by atoms with Crippen LogP contribution >= 0.6 is 0 Å². The number of likely N-dealkylation sites (N-methyl/N-ethyl adjacent to an activating group) is 1. The molecule has 0 aromatic heterocycles. The number of benzene rings is 1. The molecule has 12 atom stereocenters. The Balaban J connectivity index is 1.86. The van der Waals surface area contributed by atoms with Crippen LogP contribution in [0.1, 0.15) is 113 Å². The maximum atomic E-state index is 14.7. The Kier molecular flexibility index (Phi) is 20.7. The Morgan fingerprint density at radius 1 is 0.886 bits per heavy atom. The van der Waals surface area contributed by atoms with E-state index in [9.17, 15) is 53.4 Å². The number of nitrogens with one attached hydrogen (secondary N) is 3. The summed E-state index contributed by atoms with van der Waals surface area (Å²) in [6.07, 6.45) is -4.98. The molecular weight excluding hydrogens is 909 g/mol. The van der Waals surface area contributed by atoms with Crippen molar-refractivity contribution in [3.05, 3.63) is 29.8 Å². The summed E-state index contributed by atoms with van der Waals surface area (Å²) in [5.41, 5.74) is 0.588. The molecule has 3 aliphatic rings. The summed E-state index contributed by atoms with van der Waals surface area (Å²) in [5.74, 6) is -9.24. The summed E-state index contributed by atoms with van der Waals surface area (Å²) in [7, 11) is 2.89. The number of methoxy groups -OCH3 is 1. The van der Waals surface area contributed by atoms with Gasteiger partial charge in [-0.05, 0) is 88.3 Å². The van der Waals surface area contributed by atoms with Crippen LogP contribution in [0.3, 0.4) is 0 Å². The van der Waals surface area contributed by atoms with E-state index in [-0.39, 0.29) is 44.7 Å². The van der Waals surface area contributed by atoms with Gasteiger partial charge in [0.1, 0.15) is 48.2 Å². The second-order valence-corrected chi connectivity index (χ2v) is 19.9. The number of likely N-dealkylation sites (tertiary alicyclic amines) is 1. The Labute approximate surface area is 411 Å². The van der Waals surface area contributed by atoms with Crippen LogP contribution in [0.4, 0.5) is 0 Å². The first-order valence-electron chi connectivity index (χ1n) is 24.6. The van der Waals surface area contributed by atoms with Crippen molar-refractivity contribution in [2.24, 2.45) is 23.7 Å². The van der Waals surface area contributed by atoms with Gasteiger partial charge in [-0.25, -0.2) is 4.79 Å². The van der Waals surface area contributed by atoms with E-state index in [1.807, 2.05) is 13.8 Å². The van der Waals surface area contributed by atoms with Crippen molar-refractivity contribution in [2.75, 3.05) is 27.2 Å². The Hall–Kier alpha value is -5.63. The standard InChI is InChI=1S/C50H76N6O14/c1-12-28(6)40-38(58)25-39(59)70-43(27(4)5)42(60)29(7)44(61)51-34(23-26(2)3)48(65)56-22-14-16-36(56)49(66)54(10)37(24-32-17-19-33(68-11)20-18-32)50(67)69-31(9)41(46(63)52-40)53-45(62)35-15-13-21-55(35)47(64)30(8)57/h17-20,26-31,34-38,40-41,43,57-58H,12-16,21-25H2,1-11H3,(H,51,61)(H,52,63)(H,53,62)/t28-,29-,30-,31-,34+,35-,36-,37-,38+,40+,41-,43+/m0/s1. The highest BCUT2D eigenvalue weighted by Gasteiger charge is 2.45. The van der Waals surface area contributed by atoms with Crippen LogP contribution in [0, 0.1) is 23.7 Å². The number of hydrogen-bond acceptors (Lipinski definition) is 14. The molecule has 0 saturated carbocycles. The van der Waals surface area contributed by atoms with Gasteiger partial charge in [-0.1, -0.05) is 60.1 Å². The molecule has 3 heterocycles. The van der Waals surface area contributed by atoms with Crippen molar-refractivity contribution in [3.8, 4) is 5.75 Å². The lowest BCUT2D eigenvalue weighted by molar-refractivity contribution is -0.163. The van der Waals surface area contributed by atoms with Gasteiger partial charge in [0.2, 0.25) is 29.5 Å². The first-order chi connectivity index (χ1) is 32.9. The largest absolute Gasteiger partial charge is 0.497 e. The lowest BCUT2D eigenvalue weighted by atomic mass is 9.91. The number of amides is 6. The second kappa shape index (κ2) is 25.5. The van der Waals surface area contributed by atoms with E-state index < -0.39 is 138 Å². The number of ether oxygens (including phenoxy) is 3. The third-order valence-corrected chi connectivity index (χ3v) is 13.7. The summed E-state index contributed by atoms with van der Waals surface area (Å²) in [6.45, 7) is 14.7. The molecule has 20 nitrogen and oxygen atoms in total. The first-order valence-corrected chi connectivity index (χ1v) is 24.6. The molecule has 70 heavy (non-hydrogen) atoms. The van der Waals surface area contributed by atoms with Gasteiger partial charge in [0.05, 0.1) is 31.6 Å². The van der Waals surface area contributed by atoms with Crippen molar-refractivity contribution in [1.82, 2.24) is 30.7 Å². The zero-order valence-electron chi connectivity index (χ0n) is 42.6. The summed E-state index contributed by atoms with van der Waals surface area (Å²) in [6, 6.07) is -0.819. The molecule has 0 bridgehead atoms. The van der Waals surface area contributed by atoms with Crippen LogP contribution < -0.4 is 20.7 Å². The molecule has 4 rings (SSSR count). The number of hydrogen-bond donors (Lipinski definition) is 5. The lowest BCUT2D eigenvalue weighted by Gasteiger charge is -2.35. The maximum absolute atomic E-state index is 14.7. The predicted octanol–water partition coefficient (Wildman–Crippen LogP) is 1.44. The molecule has 6 amide bonds. The molecule has 0 unspecified atom stereocenters. The SMILES string of the molecule is CC[C@H](C)[C@H]1NC(=O)[C@@H](NC(=O)[C@@H]2CCCN2C(=O)[C@H](C)O)[C@H](C)OC(=O)[C@H](Cc2ccc(OC)cc2)N(C)C(=O)[C@@H]2CCCN2C(=O)[C@@H](CC(C)C)NC(=O)[C@@H](C)C(=O)[C@@H](C(C)C)OC(=O)C[C@H]1O. The lowest BCUT2D eigenvalue weighted by Crippen LogP contribution is -2.61. The van der Waals surface area contributed by atoms with Crippen LogP contribution in [0.2, 0.25) is 0 Å². The van der Waals surface area contributed by atoms with Gasteiger partial charge in [0.25, 0.3) is 5.91 Å². The number of nitrogens with zero attached hydrogens (tertiary/aromatic N) is 3. The number of aliphatic hydroxyl groups excluding tert-OH is 2. The van der Waals surface area contributed by atoms with Gasteiger partial charge in [-0.15, -0.1) is 0 Å². The minimum absolute atomic E-state index is 0.103. The minimum Gasteiger partial charge on any atom is -0.497 e. The monoisotopic (exact) mass is 985 g/mol. The van der Waals surface area contributed by atoms with Crippen molar-refractivity contribution in [1.29, 1.82) is 0 Å². The van der Waals surface area contributed by atoms with Crippen LogP contribution in [0.25, 0.3) is 0 Å². The van der Waals surface area contributed by atoms with Gasteiger partial charge < -0.3 is 55.1 Å². The summed E-state index contributed by atoms with van der Waals surface area (Å²) in [4.78, 5) is 131. The summed E-state index contributed by atoms with van der Waals surface area (Å²) >= 11 is 0. The molecule has 3 saturated heterocycles. The predicted molar refractivity (Wildman–Crippen MR) is 254 cm³/mol. The highest BCUT2D eigenvalue weighted by atomic mass is 16.6. The maximum Gasteiger partial charge on any atom is 0.329 e. The topological polar surface area (TPSA) is 268 Å². The molecule has 20 heteroatoms. The van der Waals surface area contributed by atoms with E-state index >= 15 is 0 Å². The normalized spacial score (nSPS) is 29.2. The smallest absolute Gasteiger partial charge is 0.329 e. The average molecular weight is 985 g/mol. The van der Waals surface area contributed by atoms with Crippen molar-refractivity contribution >= 4 is 53.2 Å². The molecular formula is C50H76N6O14. The first kappa shape index (κ1) is 57.0. The van der Waals surface area contributed by atoms with Gasteiger partial charge in [0, 0.05) is 26.6 Å². The molecule has 3 aliphatic heterocycles. The molecule has 1 aromatic carbocycles. The third-order valence-electron chi connectivity index (χ3n) is 13.7. The Morgan fingerprint density at radius 3 is 2.11 bits per heavy atom. The van der Waals surface area contributed by atoms with Crippen LogP contribution in [-0.2, 0) is 59.0 Å². The van der Waals surface area contributed by atoms with Gasteiger partial charge in [-0.2, -0.15) is 0 Å². The van der Waals surface area contributed by atoms with Crippen molar-refractivity contribution < 1.29 is 67.6 Å². The summed E-state index contributed by atoms with van der Waals surface area (Å²) in [5, 5.41) is 29.9. The van der Waals surface area contributed by atoms with E-state index in [0.717, 1.165) is 0 Å². The van der Waals surface area contributed by atoms with E-state index in [4.69, 9.17) is 14.2 Å². The van der Waals surface area contributed by atoms with E-state index in [1.165, 1.54) is 49.6 Å². The third kappa shape index (κ3) is 14.3. The highest BCUT2D eigenvalue weighted by Crippen LogP contribution is 2.26. The number of cyclic esters (lactones) is 2. The zero-order valence-corrected chi connectivity index (χ0v) is 42.6. The molecule has 0 aliphatic carbocycles. The number of ketones is 1. The van der Waals surface area contributed by atoms with Gasteiger partial charge in [-0.3, -0.25) is 38.4 Å². The fourth-order valence-corrected chi connectivity index (χ4v) is 9.26. The van der Waals surface area contributed by atoms with Gasteiger partial charge in [0.15, 0.2) is 11.9 Å². The summed E-state index contributed by atoms with van der Waals surface area (Å²) < 4.78 is 17.0. The quantitative estimate of drug-likeness (QED) is 0.155. The van der Waals surface area contributed by atoms with Crippen molar-refractivity contribution in [3.63, 3.8) is 0 Å². The molecule has 1 aromatic rings. The zero-order chi connectivity index (χ0) is 52.3. The van der Waals surface area contributed by atoms with Crippen LogP contribution in [0.5, 0.6) is 5.75 Å². The fraction of sp³-hybridized carbons (Fsp3) is 0.700. The number of esters is 2. The molecule has 5 N–H and O–H groups in total. The number of aliphatic hydroxyl groups is 2. The molecule has 0 radical (unpaired) electrons. The number of fused-ring (bicyclic) bond motifs is 1. The van der Waals surface area contributed by atoms with E-state index in [0.29, 0.717) is 30.6 Å². The molecule has 390 valence electrons. The molecule has 3 fully saturated rings. The number of carbonyl (C=O) groups is 9. The van der Waals surface area contributed by atoms with Crippen LogP contribution in [-0.4, -0.2) is 166 Å². The number of carbonyl (C=O) groups excluding carboxylic acids is 9. The Morgan fingerprint density at radius 2 is 1.53 bits per heavy atom. The van der Waals surface area contributed by atoms with Gasteiger partial charge >= 0.3 is 11.9 Å². The van der Waals surface area contributed by atoms with E-state index in [2.05, 4.69) is 16.0 Å². The van der Waals surface area contributed by atoms with Crippen LogP contribution in [0.15, 0.2) is 24.3 Å². The number of Topliss-reactive ketones (excluding diaryl/α,β-unsaturated/α-hetero) is 1. The minimum atomic E-state index is -1.69.